The first kappa shape index (κ1) is 17.9. The third-order valence-corrected chi connectivity index (χ3v) is 5.60. The Balaban J connectivity index is 0.00000220. The summed E-state index contributed by atoms with van der Waals surface area (Å²) in [5.41, 5.74) is 6.28. The van der Waals surface area contributed by atoms with Crippen molar-refractivity contribution in [1.29, 1.82) is 5.26 Å². The van der Waals surface area contributed by atoms with Crippen molar-refractivity contribution in [2.24, 2.45) is 5.73 Å². The molecule has 0 spiro atoms. The topological polar surface area (TPSA) is 87.2 Å². The Morgan fingerprint density at radius 2 is 2.14 bits per heavy atom. The van der Waals surface area contributed by atoms with Crippen LogP contribution in [0, 0.1) is 11.3 Å². The van der Waals surface area contributed by atoms with Crippen molar-refractivity contribution in [3.8, 4) is 6.07 Å². The maximum atomic E-state index is 12.7. The number of benzene rings is 1. The van der Waals surface area contributed by atoms with Gasteiger partial charge in [-0.3, -0.25) is 0 Å². The van der Waals surface area contributed by atoms with Gasteiger partial charge in [0, 0.05) is 18.6 Å². The lowest BCUT2D eigenvalue weighted by molar-refractivity contribution is 0.227. The molecule has 0 saturated carbocycles. The van der Waals surface area contributed by atoms with E-state index in [1.165, 1.54) is 16.4 Å². The van der Waals surface area contributed by atoms with Gasteiger partial charge in [0.1, 0.15) is 0 Å². The maximum Gasteiger partial charge on any atom is 0.243 e. The minimum atomic E-state index is -3.59. The smallest absolute Gasteiger partial charge is 0.243 e. The predicted octanol–water partition coefficient (Wildman–Crippen LogP) is 1.87. The van der Waals surface area contributed by atoms with Crippen LogP contribution in [0.15, 0.2) is 29.2 Å². The van der Waals surface area contributed by atoms with Crippen LogP contribution in [0.2, 0.25) is 0 Å². The van der Waals surface area contributed by atoms with Gasteiger partial charge in [0.05, 0.1) is 16.5 Å². The predicted molar refractivity (Wildman–Crippen MR) is 83.6 cm³/mol. The molecule has 0 amide bonds. The van der Waals surface area contributed by atoms with Gasteiger partial charge >= 0.3 is 0 Å². The molecule has 2 N–H and O–H groups in total. The molecular formula is C14H20ClN3O2S. The van der Waals surface area contributed by atoms with E-state index in [4.69, 9.17) is 11.0 Å². The Hall–Kier alpha value is -1.13. The second-order valence-corrected chi connectivity index (χ2v) is 7.07. The average molecular weight is 330 g/mol. The fourth-order valence-electron chi connectivity index (χ4n) is 2.62. The summed E-state index contributed by atoms with van der Waals surface area (Å²) < 4.78 is 27.0. The SMILES string of the molecule is CC(N)C1CCCCN1S(=O)(=O)c1cccc(C#N)c1.Cl. The molecule has 0 aromatic heterocycles. The number of nitrogens with two attached hydrogens (primary N) is 1. The maximum absolute atomic E-state index is 12.7. The van der Waals surface area contributed by atoms with E-state index in [2.05, 4.69) is 0 Å². The molecule has 1 fully saturated rings. The molecular weight excluding hydrogens is 310 g/mol. The van der Waals surface area contributed by atoms with Gasteiger partial charge in [-0.1, -0.05) is 12.5 Å². The van der Waals surface area contributed by atoms with E-state index in [9.17, 15) is 8.42 Å². The number of rotatable bonds is 3. The lowest BCUT2D eigenvalue weighted by Crippen LogP contribution is -2.51. The van der Waals surface area contributed by atoms with Crippen molar-refractivity contribution in [1.82, 2.24) is 4.31 Å². The van der Waals surface area contributed by atoms with Crippen molar-refractivity contribution < 1.29 is 8.42 Å². The van der Waals surface area contributed by atoms with E-state index >= 15 is 0 Å². The lowest BCUT2D eigenvalue weighted by Gasteiger charge is -2.36. The summed E-state index contributed by atoms with van der Waals surface area (Å²) in [7, 11) is -3.59. The van der Waals surface area contributed by atoms with Gasteiger partial charge in [0.25, 0.3) is 0 Å². The highest BCUT2D eigenvalue weighted by molar-refractivity contribution is 7.89. The van der Waals surface area contributed by atoms with Crippen molar-refractivity contribution in [3.05, 3.63) is 29.8 Å². The van der Waals surface area contributed by atoms with Crippen LogP contribution in [0.4, 0.5) is 0 Å². The van der Waals surface area contributed by atoms with E-state index in [1.54, 1.807) is 12.1 Å². The van der Waals surface area contributed by atoms with Crippen molar-refractivity contribution in [2.45, 2.75) is 43.2 Å². The number of hydrogen-bond acceptors (Lipinski definition) is 4. The molecule has 116 valence electrons. The zero-order valence-electron chi connectivity index (χ0n) is 11.9. The van der Waals surface area contributed by atoms with Crippen LogP contribution in [0.1, 0.15) is 31.7 Å². The summed E-state index contributed by atoms with van der Waals surface area (Å²) in [5, 5.41) is 8.90. The standard InChI is InChI=1S/C14H19N3O2S.ClH/c1-11(16)14-7-2-3-8-17(14)20(18,19)13-6-4-5-12(9-13)10-15;/h4-6,9,11,14H,2-3,7-8,16H2,1H3;1H. The van der Waals surface area contributed by atoms with Gasteiger partial charge in [0.15, 0.2) is 0 Å². The van der Waals surface area contributed by atoms with Gasteiger partial charge in [0.2, 0.25) is 10.0 Å². The fourth-order valence-corrected chi connectivity index (χ4v) is 4.44. The number of piperidine rings is 1. The Bertz CT molecular complexity index is 625. The number of hydrogen-bond donors (Lipinski definition) is 1. The van der Waals surface area contributed by atoms with Crippen LogP contribution >= 0.6 is 12.4 Å². The Kier molecular flexibility index (Phi) is 6.17. The van der Waals surface area contributed by atoms with Crippen LogP contribution in [0.5, 0.6) is 0 Å². The second kappa shape index (κ2) is 7.23. The summed E-state index contributed by atoms with van der Waals surface area (Å²) in [6, 6.07) is 7.74. The zero-order valence-corrected chi connectivity index (χ0v) is 13.5. The summed E-state index contributed by atoms with van der Waals surface area (Å²) in [6.45, 7) is 2.33. The molecule has 1 heterocycles. The number of nitriles is 1. The summed E-state index contributed by atoms with van der Waals surface area (Å²) in [4.78, 5) is 0.170. The van der Waals surface area contributed by atoms with Crippen LogP contribution in [-0.2, 0) is 10.0 Å². The minimum Gasteiger partial charge on any atom is -0.326 e. The Morgan fingerprint density at radius 3 is 2.76 bits per heavy atom. The molecule has 0 radical (unpaired) electrons. The molecule has 2 atom stereocenters. The quantitative estimate of drug-likeness (QED) is 0.917. The first-order valence-electron chi connectivity index (χ1n) is 6.74. The van der Waals surface area contributed by atoms with Crippen LogP contribution < -0.4 is 5.73 Å². The van der Waals surface area contributed by atoms with Crippen molar-refractivity contribution >= 4 is 22.4 Å². The molecule has 2 rings (SSSR count). The summed E-state index contributed by atoms with van der Waals surface area (Å²) in [5.74, 6) is 0. The van der Waals surface area contributed by atoms with Crippen molar-refractivity contribution in [3.63, 3.8) is 0 Å². The highest BCUT2D eigenvalue weighted by atomic mass is 35.5. The average Bonchev–Trinajstić information content (AvgIpc) is 2.47. The molecule has 1 saturated heterocycles. The van der Waals surface area contributed by atoms with Gasteiger partial charge in [-0.2, -0.15) is 9.57 Å². The molecule has 0 bridgehead atoms. The lowest BCUT2D eigenvalue weighted by atomic mass is 10.00. The van der Waals surface area contributed by atoms with Crippen LogP contribution in [0.25, 0.3) is 0 Å². The second-order valence-electron chi connectivity index (χ2n) is 5.18. The summed E-state index contributed by atoms with van der Waals surface area (Å²) in [6.07, 6.45) is 2.63. The molecule has 5 nitrogen and oxygen atoms in total. The van der Waals surface area contributed by atoms with Gasteiger partial charge in [-0.05, 0) is 38.0 Å². The molecule has 2 unspecified atom stereocenters. The number of halogens is 1. The first-order chi connectivity index (χ1) is 9.46. The van der Waals surface area contributed by atoms with Crippen LogP contribution in [0.3, 0.4) is 0 Å². The largest absolute Gasteiger partial charge is 0.326 e. The third-order valence-electron chi connectivity index (χ3n) is 3.67. The number of sulfonamides is 1. The molecule has 1 aliphatic rings. The third kappa shape index (κ3) is 3.74. The molecule has 21 heavy (non-hydrogen) atoms. The zero-order chi connectivity index (χ0) is 14.8. The number of nitrogens with zero attached hydrogens (tertiary/aromatic N) is 2. The van der Waals surface area contributed by atoms with Gasteiger partial charge < -0.3 is 5.73 Å². The normalized spacial score (nSPS) is 21.1. The van der Waals surface area contributed by atoms with E-state index in [0.717, 1.165) is 19.3 Å². The molecule has 0 aliphatic carbocycles. The molecule has 1 aromatic rings. The molecule has 1 aliphatic heterocycles. The molecule has 7 heteroatoms. The Labute approximate surface area is 132 Å². The first-order valence-corrected chi connectivity index (χ1v) is 8.18. The highest BCUT2D eigenvalue weighted by Gasteiger charge is 2.35. The van der Waals surface area contributed by atoms with Gasteiger partial charge in [-0.25, -0.2) is 8.42 Å². The van der Waals surface area contributed by atoms with E-state index in [0.29, 0.717) is 12.1 Å². The monoisotopic (exact) mass is 329 g/mol. The van der Waals surface area contributed by atoms with Crippen LogP contribution in [-0.4, -0.2) is 31.4 Å². The van der Waals surface area contributed by atoms with E-state index in [-0.39, 0.29) is 29.4 Å². The molecule has 1 aromatic carbocycles. The fraction of sp³-hybridized carbons (Fsp3) is 0.500. The Morgan fingerprint density at radius 1 is 1.43 bits per heavy atom. The van der Waals surface area contributed by atoms with Gasteiger partial charge in [-0.15, -0.1) is 12.4 Å². The summed E-state index contributed by atoms with van der Waals surface area (Å²) >= 11 is 0. The van der Waals surface area contributed by atoms with Crippen molar-refractivity contribution in [2.75, 3.05) is 6.54 Å². The minimum absolute atomic E-state index is 0. The van der Waals surface area contributed by atoms with E-state index in [1.807, 2.05) is 13.0 Å². The highest BCUT2D eigenvalue weighted by Crippen LogP contribution is 2.26. The van der Waals surface area contributed by atoms with E-state index < -0.39 is 10.0 Å².